The summed E-state index contributed by atoms with van der Waals surface area (Å²) in [5.74, 6) is -0.935. The largest absolute Gasteiger partial charge is 0.480 e. The number of carboxylic acid groups (broad SMARTS) is 1. The van der Waals surface area contributed by atoms with Crippen LogP contribution < -0.4 is 5.56 Å². The fraction of sp³-hybridized carbons (Fsp3) is 0.562. The summed E-state index contributed by atoms with van der Waals surface area (Å²) in [5, 5.41) is 14.3. The number of aryl methyl sites for hydroxylation is 1. The summed E-state index contributed by atoms with van der Waals surface area (Å²) in [7, 11) is 0. The van der Waals surface area contributed by atoms with Crippen molar-refractivity contribution in [3.05, 3.63) is 27.7 Å². The van der Waals surface area contributed by atoms with Crippen molar-refractivity contribution in [2.45, 2.75) is 57.5 Å². The number of rotatable bonds is 3. The van der Waals surface area contributed by atoms with Crippen molar-refractivity contribution in [2.24, 2.45) is 0 Å². The van der Waals surface area contributed by atoms with Crippen LogP contribution in [0.15, 0.2) is 11.0 Å². The lowest BCUT2D eigenvalue weighted by molar-refractivity contribution is -0.137. The topological polar surface area (TPSA) is 77.1 Å². The van der Waals surface area contributed by atoms with Gasteiger partial charge in [0, 0.05) is 17.0 Å². The third-order valence-corrected chi connectivity index (χ3v) is 5.03. The predicted molar refractivity (Wildman–Crippen MR) is 81.2 cm³/mol. The molecule has 0 atom stereocenters. The molecule has 0 amide bonds. The van der Waals surface area contributed by atoms with Gasteiger partial charge < -0.3 is 5.11 Å². The molecular formula is C16H19N3O3. The summed E-state index contributed by atoms with van der Waals surface area (Å²) in [6, 6.07) is 0.200. The molecule has 1 fully saturated rings. The van der Waals surface area contributed by atoms with Crippen molar-refractivity contribution >= 4 is 17.0 Å². The van der Waals surface area contributed by atoms with Gasteiger partial charge in [-0.1, -0.05) is 0 Å². The van der Waals surface area contributed by atoms with Gasteiger partial charge in [0.2, 0.25) is 0 Å². The summed E-state index contributed by atoms with van der Waals surface area (Å²) in [6.45, 7) is -0.200. The number of hydrogen-bond donors (Lipinski definition) is 1. The van der Waals surface area contributed by atoms with Crippen molar-refractivity contribution < 1.29 is 9.90 Å². The molecule has 6 nitrogen and oxygen atoms in total. The second kappa shape index (κ2) is 4.97. The Morgan fingerprint density at radius 2 is 1.95 bits per heavy atom. The van der Waals surface area contributed by atoms with Gasteiger partial charge in [-0.25, -0.2) is 4.68 Å². The number of aromatic nitrogens is 3. The fourth-order valence-corrected chi connectivity index (χ4v) is 3.75. The first kappa shape index (κ1) is 13.5. The molecule has 2 heterocycles. The highest BCUT2D eigenvalue weighted by molar-refractivity contribution is 5.82. The van der Waals surface area contributed by atoms with E-state index >= 15 is 0 Å². The van der Waals surface area contributed by atoms with Crippen molar-refractivity contribution in [3.63, 3.8) is 0 Å². The maximum Gasteiger partial charge on any atom is 0.325 e. The van der Waals surface area contributed by atoms with Crippen LogP contribution in [0.4, 0.5) is 0 Å². The molecular weight excluding hydrogens is 282 g/mol. The van der Waals surface area contributed by atoms with Crippen molar-refractivity contribution in [3.8, 4) is 0 Å². The molecule has 0 radical (unpaired) electrons. The summed E-state index contributed by atoms with van der Waals surface area (Å²) in [5.41, 5.74) is 2.82. The highest BCUT2D eigenvalue weighted by Crippen LogP contribution is 2.35. The van der Waals surface area contributed by atoms with Crippen LogP contribution in [0.5, 0.6) is 0 Å². The SMILES string of the molecule is O=C(O)Cn1ncc2c3c(c(=O)n(C4CCC4)c21)CCCC3. The van der Waals surface area contributed by atoms with Gasteiger partial charge in [-0.2, -0.15) is 5.10 Å². The van der Waals surface area contributed by atoms with Crippen LogP contribution >= 0.6 is 0 Å². The van der Waals surface area contributed by atoms with Gasteiger partial charge in [0.05, 0.1) is 6.20 Å². The number of hydrogen-bond acceptors (Lipinski definition) is 3. The second-order valence-electron chi connectivity index (χ2n) is 6.36. The van der Waals surface area contributed by atoms with Crippen molar-refractivity contribution in [1.29, 1.82) is 0 Å². The van der Waals surface area contributed by atoms with Gasteiger partial charge in [-0.3, -0.25) is 14.2 Å². The molecule has 1 saturated carbocycles. The highest BCUT2D eigenvalue weighted by atomic mass is 16.4. The molecule has 0 aromatic carbocycles. The van der Waals surface area contributed by atoms with Crippen LogP contribution in [0.25, 0.3) is 11.0 Å². The molecule has 2 aliphatic rings. The van der Waals surface area contributed by atoms with E-state index in [2.05, 4.69) is 5.10 Å². The van der Waals surface area contributed by atoms with Crippen LogP contribution in [0, 0.1) is 0 Å². The average molecular weight is 301 g/mol. The number of carboxylic acids is 1. The first-order chi connectivity index (χ1) is 10.7. The number of carbonyl (C=O) groups is 1. The van der Waals surface area contributed by atoms with Gasteiger partial charge in [-0.15, -0.1) is 0 Å². The van der Waals surface area contributed by atoms with Gasteiger partial charge in [0.1, 0.15) is 12.2 Å². The summed E-state index contributed by atoms with van der Waals surface area (Å²) in [6.07, 6.45) is 8.73. The average Bonchev–Trinajstić information content (AvgIpc) is 2.84. The summed E-state index contributed by atoms with van der Waals surface area (Å²) < 4.78 is 3.31. The zero-order chi connectivity index (χ0) is 15.3. The monoisotopic (exact) mass is 301 g/mol. The quantitative estimate of drug-likeness (QED) is 0.939. The van der Waals surface area contributed by atoms with E-state index in [1.807, 2.05) is 4.57 Å². The molecule has 2 aromatic heterocycles. The minimum absolute atomic E-state index is 0.0824. The predicted octanol–water partition coefficient (Wildman–Crippen LogP) is 1.89. The van der Waals surface area contributed by atoms with E-state index in [9.17, 15) is 9.59 Å². The van der Waals surface area contributed by atoms with E-state index in [-0.39, 0.29) is 18.1 Å². The lowest BCUT2D eigenvalue weighted by Crippen LogP contribution is -2.34. The van der Waals surface area contributed by atoms with Crippen LogP contribution in [-0.2, 0) is 24.2 Å². The van der Waals surface area contributed by atoms with Crippen molar-refractivity contribution in [2.75, 3.05) is 0 Å². The van der Waals surface area contributed by atoms with Crippen LogP contribution in [0.1, 0.15) is 49.3 Å². The third-order valence-electron chi connectivity index (χ3n) is 5.03. The van der Waals surface area contributed by atoms with Crippen molar-refractivity contribution in [1.82, 2.24) is 14.3 Å². The van der Waals surface area contributed by atoms with E-state index in [0.717, 1.165) is 61.5 Å². The lowest BCUT2D eigenvalue weighted by atomic mass is 9.88. The van der Waals surface area contributed by atoms with Gasteiger partial charge >= 0.3 is 5.97 Å². The zero-order valence-electron chi connectivity index (χ0n) is 12.4. The smallest absolute Gasteiger partial charge is 0.325 e. The highest BCUT2D eigenvalue weighted by Gasteiger charge is 2.29. The first-order valence-electron chi connectivity index (χ1n) is 8.00. The Balaban J connectivity index is 2.03. The normalized spacial score (nSPS) is 18.2. The molecule has 4 rings (SSSR count). The number of pyridine rings is 1. The molecule has 2 aromatic rings. The number of fused-ring (bicyclic) bond motifs is 3. The Morgan fingerprint density at radius 1 is 1.23 bits per heavy atom. The van der Waals surface area contributed by atoms with E-state index in [1.165, 1.54) is 4.68 Å². The fourth-order valence-electron chi connectivity index (χ4n) is 3.75. The Labute approximate surface area is 127 Å². The van der Waals surface area contributed by atoms with Crippen LogP contribution in [-0.4, -0.2) is 25.4 Å². The van der Waals surface area contributed by atoms with E-state index in [4.69, 9.17) is 5.11 Å². The molecule has 0 unspecified atom stereocenters. The Hall–Kier alpha value is -2.11. The molecule has 0 saturated heterocycles. The lowest BCUT2D eigenvalue weighted by Gasteiger charge is -2.30. The number of aliphatic carboxylic acids is 1. The maximum absolute atomic E-state index is 13.0. The molecule has 0 spiro atoms. The molecule has 0 bridgehead atoms. The van der Waals surface area contributed by atoms with Gasteiger partial charge in [-0.05, 0) is 50.5 Å². The number of nitrogens with zero attached hydrogens (tertiary/aromatic N) is 3. The Bertz CT molecular complexity index is 814. The van der Waals surface area contributed by atoms with Crippen LogP contribution in [0.3, 0.4) is 0 Å². The third kappa shape index (κ3) is 1.90. The van der Waals surface area contributed by atoms with Gasteiger partial charge in [0.25, 0.3) is 5.56 Å². The molecule has 6 heteroatoms. The van der Waals surface area contributed by atoms with E-state index in [0.29, 0.717) is 5.65 Å². The first-order valence-corrected chi connectivity index (χ1v) is 8.00. The molecule has 116 valence electrons. The molecule has 22 heavy (non-hydrogen) atoms. The molecule has 1 N–H and O–H groups in total. The molecule has 2 aliphatic carbocycles. The molecule has 0 aliphatic heterocycles. The minimum atomic E-state index is -0.935. The van der Waals surface area contributed by atoms with E-state index < -0.39 is 5.97 Å². The zero-order valence-corrected chi connectivity index (χ0v) is 12.4. The summed E-state index contributed by atoms with van der Waals surface area (Å²) >= 11 is 0. The second-order valence-corrected chi connectivity index (χ2v) is 6.36. The standard InChI is InChI=1S/C16H19N3O3/c20-14(21)9-18-15-13(8-17-18)11-6-1-2-7-12(11)16(22)19(15)10-4-3-5-10/h8,10H,1-7,9H2,(H,20,21). The summed E-state index contributed by atoms with van der Waals surface area (Å²) in [4.78, 5) is 24.1. The minimum Gasteiger partial charge on any atom is -0.480 e. The Kier molecular flexibility index (Phi) is 3.06. The van der Waals surface area contributed by atoms with E-state index in [1.54, 1.807) is 6.20 Å². The Morgan fingerprint density at radius 3 is 2.59 bits per heavy atom. The van der Waals surface area contributed by atoms with Gasteiger partial charge in [0.15, 0.2) is 0 Å². The van der Waals surface area contributed by atoms with Crippen LogP contribution in [0.2, 0.25) is 0 Å². The maximum atomic E-state index is 13.0.